The van der Waals surface area contributed by atoms with Crippen LogP contribution in [0.3, 0.4) is 0 Å². The van der Waals surface area contributed by atoms with Crippen molar-refractivity contribution in [3.63, 3.8) is 0 Å². The highest BCUT2D eigenvalue weighted by atomic mass is 32.1. The van der Waals surface area contributed by atoms with E-state index in [1.807, 2.05) is 54.2 Å². The average Bonchev–Trinajstić information content (AvgIpc) is 3.17. The fourth-order valence-corrected chi connectivity index (χ4v) is 3.02. The molecule has 22 heavy (non-hydrogen) atoms. The third-order valence-corrected chi connectivity index (χ3v) is 4.19. The lowest BCUT2D eigenvalue weighted by molar-refractivity contribution is 0.650. The molecule has 0 aliphatic heterocycles. The Hall–Kier alpha value is -2.71. The Morgan fingerprint density at radius 1 is 1.27 bits per heavy atom. The van der Waals surface area contributed by atoms with Crippen molar-refractivity contribution >= 4 is 17.4 Å². The Balaban J connectivity index is 1.78. The second-order valence-corrected chi connectivity index (χ2v) is 6.00. The molecule has 0 unspecified atom stereocenters. The van der Waals surface area contributed by atoms with E-state index in [0.717, 1.165) is 15.4 Å². The highest BCUT2D eigenvalue weighted by Gasteiger charge is 2.07. The van der Waals surface area contributed by atoms with Crippen molar-refractivity contribution in [1.82, 2.24) is 15.0 Å². The van der Waals surface area contributed by atoms with Gasteiger partial charge >= 0.3 is 0 Å². The fourth-order valence-electron chi connectivity index (χ4n) is 2.07. The Kier molecular flexibility index (Phi) is 4.12. The van der Waals surface area contributed by atoms with Crippen LogP contribution in [0.2, 0.25) is 0 Å². The lowest BCUT2D eigenvalue weighted by Crippen LogP contribution is -1.99. The van der Waals surface area contributed by atoms with E-state index >= 15 is 0 Å². The van der Waals surface area contributed by atoms with Crippen LogP contribution < -0.4 is 0 Å². The Labute approximate surface area is 133 Å². The minimum atomic E-state index is 0.682. The molecule has 2 heterocycles. The molecule has 5 heteroatoms. The molecule has 0 saturated carbocycles. The SMILES string of the molecule is [C-]#[N+]/C(C)=C\c1ccc(-c2cn(Cc3ccccc3)nn2)s1. The highest BCUT2D eigenvalue weighted by molar-refractivity contribution is 7.16. The molecule has 0 radical (unpaired) electrons. The summed E-state index contributed by atoms with van der Waals surface area (Å²) in [6.07, 6.45) is 3.84. The van der Waals surface area contributed by atoms with Crippen LogP contribution in [0.4, 0.5) is 0 Å². The lowest BCUT2D eigenvalue weighted by atomic mass is 10.2. The summed E-state index contributed by atoms with van der Waals surface area (Å²) in [5, 5.41) is 8.42. The molecule has 1 aromatic carbocycles. The molecule has 2 aromatic heterocycles. The van der Waals surface area contributed by atoms with Gasteiger partial charge in [0, 0.05) is 4.88 Å². The number of allylic oxidation sites excluding steroid dienone is 1. The molecule has 0 saturated heterocycles. The summed E-state index contributed by atoms with van der Waals surface area (Å²) in [5.41, 5.74) is 2.74. The van der Waals surface area contributed by atoms with Crippen molar-refractivity contribution in [1.29, 1.82) is 0 Å². The van der Waals surface area contributed by atoms with Crippen LogP contribution in [0, 0.1) is 6.57 Å². The Morgan fingerprint density at radius 3 is 2.86 bits per heavy atom. The molecule has 0 fully saturated rings. The maximum Gasteiger partial charge on any atom is 0.163 e. The van der Waals surface area contributed by atoms with E-state index in [2.05, 4.69) is 27.3 Å². The van der Waals surface area contributed by atoms with Crippen LogP contribution in [0.25, 0.3) is 21.5 Å². The molecule has 3 rings (SSSR count). The van der Waals surface area contributed by atoms with Crippen molar-refractivity contribution in [2.45, 2.75) is 13.5 Å². The second kappa shape index (κ2) is 6.37. The summed E-state index contributed by atoms with van der Waals surface area (Å²) in [6.45, 7) is 9.49. The summed E-state index contributed by atoms with van der Waals surface area (Å²) in [7, 11) is 0. The Bertz CT molecular complexity index is 837. The quantitative estimate of drug-likeness (QED) is 0.672. The van der Waals surface area contributed by atoms with Gasteiger partial charge in [0.15, 0.2) is 5.70 Å². The van der Waals surface area contributed by atoms with Crippen molar-refractivity contribution in [2.75, 3.05) is 0 Å². The number of aromatic nitrogens is 3. The zero-order chi connectivity index (χ0) is 15.4. The van der Waals surface area contributed by atoms with E-state index in [0.29, 0.717) is 12.2 Å². The highest BCUT2D eigenvalue weighted by Crippen LogP contribution is 2.28. The molecule has 0 N–H and O–H groups in total. The molecular weight excluding hydrogens is 292 g/mol. The normalized spacial score (nSPS) is 11.4. The second-order valence-electron chi connectivity index (χ2n) is 4.89. The molecule has 108 valence electrons. The molecule has 4 nitrogen and oxygen atoms in total. The molecule has 0 spiro atoms. The van der Waals surface area contributed by atoms with Crippen LogP contribution in [0.5, 0.6) is 0 Å². The number of thiophene rings is 1. The van der Waals surface area contributed by atoms with Crippen LogP contribution >= 0.6 is 11.3 Å². The zero-order valence-corrected chi connectivity index (χ0v) is 12.9. The van der Waals surface area contributed by atoms with Crippen molar-refractivity contribution in [3.8, 4) is 10.6 Å². The summed E-state index contributed by atoms with van der Waals surface area (Å²) in [6, 6.07) is 14.2. The van der Waals surface area contributed by atoms with Gasteiger partial charge in [-0.25, -0.2) is 9.53 Å². The number of nitrogens with zero attached hydrogens (tertiary/aromatic N) is 4. The first kappa shape index (κ1) is 14.2. The molecule has 0 amide bonds. The zero-order valence-electron chi connectivity index (χ0n) is 12.1. The largest absolute Gasteiger partial charge is 0.247 e. The lowest BCUT2D eigenvalue weighted by Gasteiger charge is -1.99. The van der Waals surface area contributed by atoms with Crippen LogP contribution in [-0.4, -0.2) is 15.0 Å². The van der Waals surface area contributed by atoms with E-state index in [1.54, 1.807) is 11.3 Å². The monoisotopic (exact) mass is 306 g/mol. The van der Waals surface area contributed by atoms with Crippen molar-refractivity contribution < 1.29 is 0 Å². The van der Waals surface area contributed by atoms with E-state index in [9.17, 15) is 0 Å². The maximum atomic E-state index is 6.97. The van der Waals surface area contributed by atoms with Gasteiger partial charge in [-0.05, 0) is 30.7 Å². The van der Waals surface area contributed by atoms with Crippen LogP contribution in [0.15, 0.2) is 54.4 Å². The van der Waals surface area contributed by atoms with E-state index < -0.39 is 0 Å². The number of rotatable bonds is 4. The van der Waals surface area contributed by atoms with Gasteiger partial charge in [-0.3, -0.25) is 0 Å². The van der Waals surface area contributed by atoms with Gasteiger partial charge < -0.3 is 0 Å². The summed E-state index contributed by atoms with van der Waals surface area (Å²) >= 11 is 1.61. The van der Waals surface area contributed by atoms with Gasteiger partial charge in [0.25, 0.3) is 0 Å². The fraction of sp³-hybridized carbons (Fsp3) is 0.118. The van der Waals surface area contributed by atoms with Crippen molar-refractivity contribution in [3.05, 3.63) is 76.2 Å². The summed E-state index contributed by atoms with van der Waals surface area (Å²) in [4.78, 5) is 5.52. The third-order valence-electron chi connectivity index (χ3n) is 3.13. The van der Waals surface area contributed by atoms with Gasteiger partial charge in [-0.15, -0.1) is 16.4 Å². The van der Waals surface area contributed by atoms with Gasteiger partial charge in [0.2, 0.25) is 0 Å². The molecule has 0 bridgehead atoms. The third kappa shape index (κ3) is 3.30. The molecule has 3 aromatic rings. The number of benzene rings is 1. The van der Waals surface area contributed by atoms with Crippen molar-refractivity contribution in [2.24, 2.45) is 0 Å². The summed E-state index contributed by atoms with van der Waals surface area (Å²) in [5.74, 6) is 0. The first-order chi connectivity index (χ1) is 10.7. The first-order valence-electron chi connectivity index (χ1n) is 6.84. The summed E-state index contributed by atoms with van der Waals surface area (Å²) < 4.78 is 1.84. The maximum absolute atomic E-state index is 6.97. The standard InChI is InChI=1S/C17H14N4S/c1-13(18-2)10-15-8-9-17(22-15)16-12-21(20-19-16)11-14-6-4-3-5-7-14/h3-10,12H,11H2,1H3/b13-10-. The van der Waals surface area contributed by atoms with Gasteiger partial charge in [-0.1, -0.05) is 35.5 Å². The minimum Gasteiger partial charge on any atom is -0.247 e. The minimum absolute atomic E-state index is 0.682. The van der Waals surface area contributed by atoms with Gasteiger partial charge in [0.1, 0.15) is 5.69 Å². The predicted molar refractivity (Wildman–Crippen MR) is 89.1 cm³/mol. The number of hydrogen-bond acceptors (Lipinski definition) is 3. The van der Waals surface area contributed by atoms with E-state index in [4.69, 9.17) is 6.57 Å². The average molecular weight is 306 g/mol. The molecule has 0 atom stereocenters. The first-order valence-corrected chi connectivity index (χ1v) is 7.66. The topological polar surface area (TPSA) is 35.1 Å². The van der Waals surface area contributed by atoms with Gasteiger partial charge in [-0.2, -0.15) is 0 Å². The molecule has 0 aliphatic rings. The van der Waals surface area contributed by atoms with E-state index in [-0.39, 0.29) is 0 Å². The smallest absolute Gasteiger partial charge is 0.163 e. The molecular formula is C17H14N4S. The van der Waals surface area contributed by atoms with E-state index in [1.165, 1.54) is 5.56 Å². The Morgan fingerprint density at radius 2 is 2.09 bits per heavy atom. The van der Waals surface area contributed by atoms with Crippen LogP contribution in [0.1, 0.15) is 17.4 Å². The van der Waals surface area contributed by atoms with Gasteiger partial charge in [0.05, 0.1) is 24.2 Å². The molecule has 0 aliphatic carbocycles. The predicted octanol–water partition coefficient (Wildman–Crippen LogP) is 4.33. The van der Waals surface area contributed by atoms with Crippen LogP contribution in [-0.2, 0) is 6.54 Å². The number of hydrogen-bond donors (Lipinski definition) is 0.